The number of aryl methyl sites for hydroxylation is 4. The predicted molar refractivity (Wildman–Crippen MR) is 125 cm³/mol. The Morgan fingerprint density at radius 3 is 2.57 bits per heavy atom. The van der Waals surface area contributed by atoms with E-state index < -0.39 is 5.25 Å². The number of aliphatic imine (C=N–C) groups is 1. The first kappa shape index (κ1) is 21.8. The topological polar surface area (TPSA) is 61.8 Å². The molecule has 0 aliphatic carbocycles. The molecule has 1 unspecified atom stereocenters. The van der Waals surface area contributed by atoms with E-state index in [0.29, 0.717) is 11.7 Å². The Labute approximate surface area is 182 Å². The van der Waals surface area contributed by atoms with Gasteiger partial charge in [0.1, 0.15) is 5.25 Å². The van der Waals surface area contributed by atoms with Gasteiger partial charge in [0.05, 0.1) is 5.69 Å². The molecule has 0 radical (unpaired) electrons. The number of anilines is 1. The van der Waals surface area contributed by atoms with Crippen molar-refractivity contribution >= 4 is 40.1 Å². The van der Waals surface area contributed by atoms with Gasteiger partial charge in [-0.25, -0.2) is 4.99 Å². The van der Waals surface area contributed by atoms with Crippen molar-refractivity contribution in [2.45, 2.75) is 39.4 Å². The molecule has 1 fully saturated rings. The van der Waals surface area contributed by atoms with Crippen molar-refractivity contribution in [1.29, 1.82) is 0 Å². The Hall–Kier alpha value is -2.86. The summed E-state index contributed by atoms with van der Waals surface area (Å²) in [5.41, 5.74) is 5.97. The summed E-state index contributed by atoms with van der Waals surface area (Å²) in [7, 11) is 0. The van der Waals surface area contributed by atoms with Crippen molar-refractivity contribution in [1.82, 2.24) is 4.90 Å². The molecule has 30 heavy (non-hydrogen) atoms. The number of thioether (sulfide) groups is 1. The van der Waals surface area contributed by atoms with Crippen molar-refractivity contribution in [2.24, 2.45) is 4.99 Å². The van der Waals surface area contributed by atoms with E-state index >= 15 is 0 Å². The summed E-state index contributed by atoms with van der Waals surface area (Å²) in [6.45, 7) is 12.1. The van der Waals surface area contributed by atoms with Gasteiger partial charge in [0.2, 0.25) is 11.8 Å². The number of carbonyl (C=O) groups is 2. The van der Waals surface area contributed by atoms with Crippen molar-refractivity contribution in [2.75, 3.05) is 11.9 Å². The van der Waals surface area contributed by atoms with Gasteiger partial charge in [-0.1, -0.05) is 36.0 Å². The molecule has 1 aliphatic heterocycles. The highest BCUT2D eigenvalue weighted by atomic mass is 32.2. The number of amidine groups is 1. The smallest absolute Gasteiger partial charge is 0.242 e. The zero-order valence-corrected chi connectivity index (χ0v) is 18.7. The molecule has 5 nitrogen and oxygen atoms in total. The summed E-state index contributed by atoms with van der Waals surface area (Å²) in [6, 6.07) is 11.9. The fourth-order valence-corrected chi connectivity index (χ4v) is 4.34. The first-order valence-electron chi connectivity index (χ1n) is 9.90. The summed E-state index contributed by atoms with van der Waals surface area (Å²) < 4.78 is 0. The molecular weight excluding hydrogens is 394 g/mol. The van der Waals surface area contributed by atoms with Crippen LogP contribution in [0, 0.1) is 27.7 Å². The fourth-order valence-electron chi connectivity index (χ4n) is 3.17. The normalized spacial score (nSPS) is 17.5. The average molecular weight is 422 g/mol. The van der Waals surface area contributed by atoms with E-state index in [1.807, 2.05) is 57.2 Å². The van der Waals surface area contributed by atoms with E-state index in [0.717, 1.165) is 28.1 Å². The molecule has 0 aromatic heterocycles. The maximum atomic E-state index is 12.9. The van der Waals surface area contributed by atoms with Gasteiger partial charge in [0.15, 0.2) is 5.17 Å². The minimum atomic E-state index is -0.500. The zero-order chi connectivity index (χ0) is 21.8. The van der Waals surface area contributed by atoms with Gasteiger partial charge < -0.3 is 5.32 Å². The Kier molecular flexibility index (Phi) is 6.77. The highest BCUT2D eigenvalue weighted by Crippen LogP contribution is 2.32. The second-order valence-electron chi connectivity index (χ2n) is 7.58. The molecule has 0 saturated carbocycles. The van der Waals surface area contributed by atoms with Crippen LogP contribution < -0.4 is 5.32 Å². The third-order valence-corrected chi connectivity index (χ3v) is 6.26. The lowest BCUT2D eigenvalue weighted by atomic mass is 10.1. The van der Waals surface area contributed by atoms with Gasteiger partial charge in [-0.15, -0.1) is 6.58 Å². The van der Waals surface area contributed by atoms with Crippen molar-refractivity contribution in [3.05, 3.63) is 71.3 Å². The Balaban J connectivity index is 1.77. The molecule has 1 saturated heterocycles. The van der Waals surface area contributed by atoms with Gasteiger partial charge in [-0.3, -0.25) is 14.5 Å². The van der Waals surface area contributed by atoms with Crippen LogP contribution in [0.1, 0.15) is 28.7 Å². The quantitative estimate of drug-likeness (QED) is 0.663. The molecule has 3 rings (SSSR count). The minimum absolute atomic E-state index is 0.0937. The lowest BCUT2D eigenvalue weighted by Crippen LogP contribution is -2.33. The summed E-state index contributed by atoms with van der Waals surface area (Å²) in [6.07, 6.45) is 1.77. The summed E-state index contributed by atoms with van der Waals surface area (Å²) in [5.74, 6) is -0.292. The van der Waals surface area contributed by atoms with Gasteiger partial charge in [-0.05, 0) is 68.1 Å². The van der Waals surface area contributed by atoms with Crippen LogP contribution in [0.25, 0.3) is 0 Å². The molecule has 1 aliphatic rings. The van der Waals surface area contributed by atoms with E-state index in [1.165, 1.54) is 17.3 Å². The Morgan fingerprint density at radius 2 is 1.87 bits per heavy atom. The van der Waals surface area contributed by atoms with Gasteiger partial charge in [0, 0.05) is 18.7 Å². The summed E-state index contributed by atoms with van der Waals surface area (Å²) in [5, 5.41) is 3.05. The van der Waals surface area contributed by atoms with Gasteiger partial charge in [0.25, 0.3) is 0 Å². The number of hydrogen-bond donors (Lipinski definition) is 1. The molecule has 6 heteroatoms. The van der Waals surface area contributed by atoms with Crippen LogP contribution in [0.5, 0.6) is 0 Å². The van der Waals surface area contributed by atoms with Crippen LogP contribution in [0.4, 0.5) is 11.4 Å². The molecular formula is C24H27N3O2S. The number of hydrogen-bond acceptors (Lipinski definition) is 4. The number of rotatable bonds is 6. The van der Waals surface area contributed by atoms with E-state index in [2.05, 4.69) is 23.8 Å². The van der Waals surface area contributed by atoms with Gasteiger partial charge >= 0.3 is 0 Å². The number of amides is 2. The standard InChI is InChI=1S/C24H27N3O2S/c1-6-11-27-23(29)21(14-22(28)26-20-12-15(2)7-8-17(20)4)30-24(27)25-19-10-9-16(3)18(5)13-19/h6-10,12-13,21H,1,11,14H2,2-5H3,(H,26,28). The summed E-state index contributed by atoms with van der Waals surface area (Å²) in [4.78, 5) is 31.8. The third kappa shape index (κ3) is 5.00. The number of benzene rings is 2. The maximum Gasteiger partial charge on any atom is 0.242 e. The van der Waals surface area contributed by atoms with Crippen LogP contribution in [-0.4, -0.2) is 33.7 Å². The molecule has 1 N–H and O–H groups in total. The number of nitrogens with zero attached hydrogens (tertiary/aromatic N) is 2. The monoisotopic (exact) mass is 421 g/mol. The second kappa shape index (κ2) is 9.30. The van der Waals surface area contributed by atoms with Crippen LogP contribution in [0.3, 0.4) is 0 Å². The Bertz CT molecular complexity index is 1030. The van der Waals surface area contributed by atoms with E-state index in [9.17, 15) is 9.59 Å². The van der Waals surface area contributed by atoms with Gasteiger partial charge in [-0.2, -0.15) is 0 Å². The number of nitrogens with one attached hydrogen (secondary N) is 1. The molecule has 2 aromatic carbocycles. The predicted octanol–water partition coefficient (Wildman–Crippen LogP) is 5.07. The summed E-state index contributed by atoms with van der Waals surface area (Å²) >= 11 is 1.34. The lowest BCUT2D eigenvalue weighted by Gasteiger charge is -2.14. The third-order valence-electron chi connectivity index (χ3n) is 5.08. The second-order valence-corrected chi connectivity index (χ2v) is 8.75. The van der Waals surface area contributed by atoms with Crippen LogP contribution >= 0.6 is 11.8 Å². The molecule has 2 amide bonds. The maximum absolute atomic E-state index is 12.9. The lowest BCUT2D eigenvalue weighted by molar-refractivity contribution is -0.127. The van der Waals surface area contributed by atoms with Crippen LogP contribution in [0.15, 0.2) is 54.0 Å². The van der Waals surface area contributed by atoms with Crippen molar-refractivity contribution < 1.29 is 9.59 Å². The SMILES string of the molecule is C=CCN1C(=O)C(CC(=O)Nc2cc(C)ccc2C)SC1=Nc1ccc(C)c(C)c1. The minimum Gasteiger partial charge on any atom is -0.326 e. The molecule has 1 atom stereocenters. The highest BCUT2D eigenvalue weighted by Gasteiger charge is 2.38. The first-order valence-corrected chi connectivity index (χ1v) is 10.8. The van der Waals surface area contributed by atoms with Crippen LogP contribution in [-0.2, 0) is 9.59 Å². The largest absolute Gasteiger partial charge is 0.326 e. The molecule has 156 valence electrons. The zero-order valence-electron chi connectivity index (χ0n) is 17.9. The fraction of sp³-hybridized carbons (Fsp3) is 0.292. The first-order chi connectivity index (χ1) is 14.3. The van der Waals surface area contributed by atoms with Crippen LogP contribution in [0.2, 0.25) is 0 Å². The highest BCUT2D eigenvalue weighted by molar-refractivity contribution is 8.15. The van der Waals surface area contributed by atoms with E-state index in [4.69, 9.17) is 0 Å². The van der Waals surface area contributed by atoms with Crippen molar-refractivity contribution in [3.63, 3.8) is 0 Å². The molecule has 1 heterocycles. The molecule has 0 bridgehead atoms. The molecule has 0 spiro atoms. The Morgan fingerprint density at radius 1 is 1.13 bits per heavy atom. The van der Waals surface area contributed by atoms with Crippen molar-refractivity contribution in [3.8, 4) is 0 Å². The van der Waals surface area contributed by atoms with E-state index in [-0.39, 0.29) is 18.2 Å². The number of carbonyl (C=O) groups excluding carboxylic acids is 2. The average Bonchev–Trinajstić information content (AvgIpc) is 2.96. The van der Waals surface area contributed by atoms with E-state index in [1.54, 1.807) is 11.0 Å². The molecule has 2 aromatic rings.